The number of anilines is 1. The van der Waals surface area contributed by atoms with Crippen LogP contribution in [0.3, 0.4) is 0 Å². The highest BCUT2D eigenvalue weighted by atomic mass is 16.3. The summed E-state index contributed by atoms with van der Waals surface area (Å²) in [6, 6.07) is 11.6. The van der Waals surface area contributed by atoms with Crippen molar-refractivity contribution >= 4 is 11.6 Å². The summed E-state index contributed by atoms with van der Waals surface area (Å²) < 4.78 is 0. The topological polar surface area (TPSA) is 110 Å². The molecular formula is C22H18N4O3. The Labute approximate surface area is 167 Å². The van der Waals surface area contributed by atoms with Gasteiger partial charge in [0, 0.05) is 29.6 Å². The number of aromatic hydroxyl groups is 2. The third-order valence-electron chi connectivity index (χ3n) is 5.15. The summed E-state index contributed by atoms with van der Waals surface area (Å²) in [4.78, 5) is 23.0. The van der Waals surface area contributed by atoms with Crippen molar-refractivity contribution in [1.82, 2.24) is 9.97 Å². The Hall–Kier alpha value is -3.92. The van der Waals surface area contributed by atoms with E-state index in [2.05, 4.69) is 16.0 Å². The van der Waals surface area contributed by atoms with Gasteiger partial charge >= 0.3 is 0 Å². The molecular weight excluding hydrogens is 368 g/mol. The molecule has 29 heavy (non-hydrogen) atoms. The van der Waals surface area contributed by atoms with Gasteiger partial charge in [0.05, 0.1) is 16.8 Å². The Morgan fingerprint density at radius 1 is 1.24 bits per heavy atom. The quantitative estimate of drug-likeness (QED) is 0.698. The van der Waals surface area contributed by atoms with Gasteiger partial charge in [0.15, 0.2) is 0 Å². The lowest BCUT2D eigenvalue weighted by Gasteiger charge is -2.35. The number of aromatic nitrogens is 2. The van der Waals surface area contributed by atoms with Gasteiger partial charge in [-0.1, -0.05) is 6.07 Å². The van der Waals surface area contributed by atoms with Crippen molar-refractivity contribution in [2.24, 2.45) is 0 Å². The normalized spacial score (nSPS) is 15.4. The highest BCUT2D eigenvalue weighted by Gasteiger charge is 2.30. The second-order valence-corrected chi connectivity index (χ2v) is 7.00. The predicted octanol–water partition coefficient (Wildman–Crippen LogP) is 3.41. The molecule has 144 valence electrons. The molecule has 2 aromatic carbocycles. The number of phenolic OH excluding ortho intramolecular Hbond substituents is 2. The molecule has 0 saturated carbocycles. The standard InChI is InChI=1S/C22H18N4O3/c1-13-2-3-14-8-15(21-16(10-23)11-24-12-25-21)4-7-19(14)26(13)22(29)18-6-5-17(27)9-20(18)28/h4-9,11-13,27-28H,2-3H2,1H3. The molecule has 0 spiro atoms. The monoisotopic (exact) mass is 386 g/mol. The highest BCUT2D eigenvalue weighted by molar-refractivity contribution is 6.09. The molecule has 2 heterocycles. The molecule has 0 saturated heterocycles. The fourth-order valence-electron chi connectivity index (χ4n) is 3.68. The molecule has 7 nitrogen and oxygen atoms in total. The van der Waals surface area contributed by atoms with Crippen LogP contribution < -0.4 is 4.90 Å². The Morgan fingerprint density at radius 3 is 2.83 bits per heavy atom. The highest BCUT2D eigenvalue weighted by Crippen LogP contribution is 2.36. The SMILES string of the molecule is CC1CCc2cc(-c3ncncc3C#N)ccc2N1C(=O)c1ccc(O)cc1O. The van der Waals surface area contributed by atoms with Gasteiger partial charge < -0.3 is 15.1 Å². The largest absolute Gasteiger partial charge is 0.508 e. The molecule has 0 bridgehead atoms. The van der Waals surface area contributed by atoms with Crippen molar-refractivity contribution in [3.8, 4) is 28.8 Å². The van der Waals surface area contributed by atoms with Crippen molar-refractivity contribution in [3.63, 3.8) is 0 Å². The van der Waals surface area contributed by atoms with Crippen molar-refractivity contribution in [2.75, 3.05) is 4.90 Å². The van der Waals surface area contributed by atoms with E-state index < -0.39 is 0 Å². The Bertz CT molecular complexity index is 1150. The summed E-state index contributed by atoms with van der Waals surface area (Å²) in [5.74, 6) is -0.692. The lowest BCUT2D eigenvalue weighted by molar-refractivity contribution is 0.0972. The molecule has 1 aromatic heterocycles. The van der Waals surface area contributed by atoms with Gasteiger partial charge in [0.2, 0.25) is 0 Å². The van der Waals surface area contributed by atoms with Gasteiger partial charge in [-0.05, 0) is 49.6 Å². The van der Waals surface area contributed by atoms with Crippen LogP contribution in [0.4, 0.5) is 5.69 Å². The molecule has 0 fully saturated rings. The summed E-state index contributed by atoms with van der Waals surface area (Å²) in [7, 11) is 0. The van der Waals surface area contributed by atoms with Crippen LogP contribution in [0, 0.1) is 11.3 Å². The molecule has 1 unspecified atom stereocenters. The molecule has 7 heteroatoms. The first-order valence-electron chi connectivity index (χ1n) is 9.18. The van der Waals surface area contributed by atoms with Crippen LogP contribution in [0.15, 0.2) is 48.9 Å². The molecule has 1 aliphatic heterocycles. The lowest BCUT2D eigenvalue weighted by Crippen LogP contribution is -2.42. The number of nitrogens with zero attached hydrogens (tertiary/aromatic N) is 4. The van der Waals surface area contributed by atoms with Crippen molar-refractivity contribution in [1.29, 1.82) is 5.26 Å². The number of carbonyl (C=O) groups excluding carboxylic acids is 1. The van der Waals surface area contributed by atoms with Crippen LogP contribution in [0.25, 0.3) is 11.3 Å². The summed E-state index contributed by atoms with van der Waals surface area (Å²) >= 11 is 0. The Kier molecular flexibility index (Phi) is 4.61. The zero-order valence-corrected chi connectivity index (χ0v) is 15.7. The maximum atomic E-state index is 13.2. The van der Waals surface area contributed by atoms with Gasteiger partial charge in [0.25, 0.3) is 5.91 Å². The van der Waals surface area contributed by atoms with Crippen LogP contribution in [-0.2, 0) is 6.42 Å². The first-order valence-corrected chi connectivity index (χ1v) is 9.18. The van der Waals surface area contributed by atoms with E-state index in [9.17, 15) is 20.3 Å². The zero-order chi connectivity index (χ0) is 20.5. The van der Waals surface area contributed by atoms with E-state index in [4.69, 9.17) is 0 Å². The van der Waals surface area contributed by atoms with Crippen molar-refractivity contribution in [3.05, 3.63) is 65.6 Å². The van der Waals surface area contributed by atoms with E-state index >= 15 is 0 Å². The Morgan fingerprint density at radius 2 is 2.07 bits per heavy atom. The van der Waals surface area contributed by atoms with Crippen LogP contribution >= 0.6 is 0 Å². The maximum Gasteiger partial charge on any atom is 0.262 e. The van der Waals surface area contributed by atoms with Crippen LogP contribution in [0.2, 0.25) is 0 Å². The number of benzene rings is 2. The number of carbonyl (C=O) groups is 1. The molecule has 0 aliphatic carbocycles. The average Bonchev–Trinajstić information content (AvgIpc) is 2.73. The van der Waals surface area contributed by atoms with Gasteiger partial charge in [-0.15, -0.1) is 0 Å². The number of hydrogen-bond acceptors (Lipinski definition) is 6. The van der Waals surface area contributed by atoms with E-state index in [0.29, 0.717) is 11.3 Å². The van der Waals surface area contributed by atoms with Crippen LogP contribution in [-0.4, -0.2) is 32.1 Å². The fraction of sp³-hybridized carbons (Fsp3) is 0.182. The number of phenols is 2. The number of rotatable bonds is 2. The van der Waals surface area contributed by atoms with Crippen molar-refractivity contribution in [2.45, 2.75) is 25.8 Å². The van der Waals surface area contributed by atoms with Gasteiger partial charge in [-0.3, -0.25) is 4.79 Å². The molecule has 4 rings (SSSR count). The molecule has 1 atom stereocenters. The minimum atomic E-state index is -0.330. The van der Waals surface area contributed by atoms with Gasteiger partial charge in [-0.2, -0.15) is 5.26 Å². The first kappa shape index (κ1) is 18.4. The molecule has 1 amide bonds. The molecule has 3 aromatic rings. The molecule has 1 aliphatic rings. The molecule has 2 N–H and O–H groups in total. The Balaban J connectivity index is 1.77. The minimum absolute atomic E-state index is 0.0530. The summed E-state index contributed by atoms with van der Waals surface area (Å²) in [6.07, 6.45) is 4.42. The van der Waals surface area contributed by atoms with E-state index in [-0.39, 0.29) is 29.0 Å². The summed E-state index contributed by atoms with van der Waals surface area (Å²) in [5.41, 5.74) is 3.59. The predicted molar refractivity (Wildman–Crippen MR) is 107 cm³/mol. The fourth-order valence-corrected chi connectivity index (χ4v) is 3.68. The average molecular weight is 386 g/mol. The van der Waals surface area contributed by atoms with E-state index in [1.807, 2.05) is 25.1 Å². The van der Waals surface area contributed by atoms with Crippen LogP contribution in [0.5, 0.6) is 11.5 Å². The second kappa shape index (κ2) is 7.24. The first-order chi connectivity index (χ1) is 14.0. The second-order valence-electron chi connectivity index (χ2n) is 7.00. The van der Waals surface area contributed by atoms with Gasteiger partial charge in [-0.25, -0.2) is 9.97 Å². The summed E-state index contributed by atoms with van der Waals surface area (Å²) in [6.45, 7) is 1.96. The zero-order valence-electron chi connectivity index (χ0n) is 15.7. The maximum absolute atomic E-state index is 13.2. The van der Waals surface area contributed by atoms with Crippen molar-refractivity contribution < 1.29 is 15.0 Å². The number of fused-ring (bicyclic) bond motifs is 1. The number of aryl methyl sites for hydroxylation is 1. The summed E-state index contributed by atoms with van der Waals surface area (Å²) in [5, 5.41) is 28.9. The van der Waals surface area contributed by atoms with E-state index in [0.717, 1.165) is 35.7 Å². The number of amides is 1. The minimum Gasteiger partial charge on any atom is -0.508 e. The van der Waals surface area contributed by atoms with E-state index in [1.165, 1.54) is 24.7 Å². The number of nitriles is 1. The van der Waals surface area contributed by atoms with Crippen LogP contribution in [0.1, 0.15) is 34.8 Å². The third kappa shape index (κ3) is 3.25. The van der Waals surface area contributed by atoms with Gasteiger partial charge in [0.1, 0.15) is 23.9 Å². The van der Waals surface area contributed by atoms with E-state index in [1.54, 1.807) is 4.90 Å². The number of hydrogen-bond donors (Lipinski definition) is 2. The lowest BCUT2D eigenvalue weighted by atomic mass is 9.93. The third-order valence-corrected chi connectivity index (χ3v) is 5.15. The smallest absolute Gasteiger partial charge is 0.262 e. The molecule has 0 radical (unpaired) electrons.